The zero-order valence-corrected chi connectivity index (χ0v) is 13.3. The Hall–Kier alpha value is -0.960. The molecular formula is C13H24N4O3S. The van der Waals surface area contributed by atoms with Crippen molar-refractivity contribution in [2.75, 3.05) is 33.4 Å². The van der Waals surface area contributed by atoms with E-state index in [-0.39, 0.29) is 10.8 Å². The van der Waals surface area contributed by atoms with Crippen LogP contribution in [-0.2, 0) is 21.3 Å². The molecule has 1 saturated heterocycles. The first kappa shape index (κ1) is 16.4. The number of hydrogen-bond acceptors (Lipinski definition) is 5. The van der Waals surface area contributed by atoms with Crippen molar-refractivity contribution in [1.82, 2.24) is 14.1 Å². The Kier molecular flexibility index (Phi) is 5.74. The second-order valence-corrected chi connectivity index (χ2v) is 7.49. The van der Waals surface area contributed by atoms with Crippen LogP contribution in [0.15, 0.2) is 17.3 Å². The van der Waals surface area contributed by atoms with Crippen LogP contribution in [-0.4, -0.2) is 55.9 Å². The lowest BCUT2D eigenvalue weighted by atomic mass is 10.0. The summed E-state index contributed by atoms with van der Waals surface area (Å²) in [5.74, 6) is 0.269. The molecule has 1 aliphatic rings. The monoisotopic (exact) mass is 316 g/mol. The largest absolute Gasteiger partial charge is 0.381 e. The van der Waals surface area contributed by atoms with E-state index in [1.807, 2.05) is 0 Å². The smallest absolute Gasteiger partial charge is 0.245 e. The van der Waals surface area contributed by atoms with E-state index in [9.17, 15) is 8.42 Å². The third kappa shape index (κ3) is 4.26. The molecule has 0 aliphatic carbocycles. The average molecular weight is 316 g/mol. The lowest BCUT2D eigenvalue weighted by molar-refractivity contribution is 0.0495. The molecule has 1 aliphatic heterocycles. The average Bonchev–Trinajstić information content (AvgIpc) is 2.95. The standard InChI is InChI=1S/C13H24N4O3S/c1-16(9-12-4-2-7-20-11-12)21(18,19)13-8-15-17(10-13)6-3-5-14/h8,10,12H,2-7,9,11,14H2,1H3. The van der Waals surface area contributed by atoms with E-state index < -0.39 is 10.0 Å². The first-order chi connectivity index (χ1) is 10.0. The molecule has 0 bridgehead atoms. The Morgan fingerprint density at radius 3 is 3.05 bits per heavy atom. The first-order valence-corrected chi connectivity index (χ1v) is 8.74. The van der Waals surface area contributed by atoms with Gasteiger partial charge in [0, 0.05) is 32.9 Å². The van der Waals surface area contributed by atoms with Gasteiger partial charge in [-0.05, 0) is 31.7 Å². The summed E-state index contributed by atoms with van der Waals surface area (Å²) in [7, 11) is -1.87. The number of nitrogens with two attached hydrogens (primary N) is 1. The number of rotatable bonds is 7. The minimum atomic E-state index is -3.48. The number of hydrogen-bond donors (Lipinski definition) is 1. The van der Waals surface area contributed by atoms with E-state index >= 15 is 0 Å². The van der Waals surface area contributed by atoms with Crippen LogP contribution >= 0.6 is 0 Å². The van der Waals surface area contributed by atoms with Crippen LogP contribution in [0.3, 0.4) is 0 Å². The van der Waals surface area contributed by atoms with Crippen molar-refractivity contribution in [2.45, 2.75) is 30.7 Å². The van der Waals surface area contributed by atoms with E-state index in [1.165, 1.54) is 10.5 Å². The van der Waals surface area contributed by atoms with E-state index in [1.54, 1.807) is 17.9 Å². The summed E-state index contributed by atoms with van der Waals surface area (Å²) in [6.07, 6.45) is 5.75. The SMILES string of the molecule is CN(CC1CCCOC1)S(=O)(=O)c1cnn(CCCN)c1. The Morgan fingerprint density at radius 2 is 2.38 bits per heavy atom. The fourth-order valence-corrected chi connectivity index (χ4v) is 3.65. The third-order valence-corrected chi connectivity index (χ3v) is 5.46. The van der Waals surface area contributed by atoms with Gasteiger partial charge in [-0.1, -0.05) is 0 Å². The van der Waals surface area contributed by atoms with Gasteiger partial charge in [0.25, 0.3) is 0 Å². The van der Waals surface area contributed by atoms with Crippen LogP contribution in [0.25, 0.3) is 0 Å². The highest BCUT2D eigenvalue weighted by molar-refractivity contribution is 7.89. The number of nitrogens with zero attached hydrogens (tertiary/aromatic N) is 3. The summed E-state index contributed by atoms with van der Waals surface area (Å²) in [5.41, 5.74) is 5.44. The number of ether oxygens (including phenoxy) is 1. The van der Waals surface area contributed by atoms with Gasteiger partial charge < -0.3 is 10.5 Å². The molecule has 120 valence electrons. The molecule has 21 heavy (non-hydrogen) atoms. The molecule has 0 saturated carbocycles. The van der Waals surface area contributed by atoms with Gasteiger partial charge in [-0.25, -0.2) is 12.7 Å². The van der Waals surface area contributed by atoms with Crippen molar-refractivity contribution in [2.24, 2.45) is 11.7 Å². The first-order valence-electron chi connectivity index (χ1n) is 7.30. The van der Waals surface area contributed by atoms with Gasteiger partial charge in [0.15, 0.2) is 0 Å². The van der Waals surface area contributed by atoms with Crippen LogP contribution in [0.1, 0.15) is 19.3 Å². The number of aryl methyl sites for hydroxylation is 1. The van der Waals surface area contributed by atoms with Gasteiger partial charge in [-0.15, -0.1) is 0 Å². The van der Waals surface area contributed by atoms with Gasteiger partial charge in [0.2, 0.25) is 10.0 Å². The molecule has 2 rings (SSSR count). The Balaban J connectivity index is 2.00. The Bertz CT molecular complexity index is 537. The second-order valence-electron chi connectivity index (χ2n) is 5.45. The summed E-state index contributed by atoms with van der Waals surface area (Å²) >= 11 is 0. The van der Waals surface area contributed by atoms with Crippen molar-refractivity contribution < 1.29 is 13.2 Å². The predicted molar refractivity (Wildman–Crippen MR) is 79.3 cm³/mol. The topological polar surface area (TPSA) is 90.5 Å². The van der Waals surface area contributed by atoms with Gasteiger partial charge in [0.05, 0.1) is 12.8 Å². The van der Waals surface area contributed by atoms with Crippen molar-refractivity contribution in [1.29, 1.82) is 0 Å². The summed E-state index contributed by atoms with van der Waals surface area (Å²) < 4.78 is 33.4. The number of sulfonamides is 1. The van der Waals surface area contributed by atoms with Gasteiger partial charge in [0.1, 0.15) is 4.90 Å². The van der Waals surface area contributed by atoms with Gasteiger partial charge in [-0.3, -0.25) is 4.68 Å². The highest BCUT2D eigenvalue weighted by Crippen LogP contribution is 2.19. The van der Waals surface area contributed by atoms with Crippen molar-refractivity contribution in [3.63, 3.8) is 0 Å². The molecular weight excluding hydrogens is 292 g/mol. The Labute approximate surface area is 126 Å². The van der Waals surface area contributed by atoms with E-state index in [0.717, 1.165) is 25.9 Å². The molecule has 1 fully saturated rings. The molecule has 0 amide bonds. The minimum absolute atomic E-state index is 0.235. The summed E-state index contributed by atoms with van der Waals surface area (Å²) in [6.45, 7) is 3.09. The van der Waals surface area contributed by atoms with Crippen molar-refractivity contribution in [3.05, 3.63) is 12.4 Å². The van der Waals surface area contributed by atoms with E-state index in [2.05, 4.69) is 5.10 Å². The quantitative estimate of drug-likeness (QED) is 0.780. The third-order valence-electron chi connectivity index (χ3n) is 3.68. The van der Waals surface area contributed by atoms with Crippen LogP contribution in [0.4, 0.5) is 0 Å². The predicted octanol–water partition coefficient (Wildman–Crippen LogP) is 0.279. The molecule has 1 aromatic heterocycles. The lowest BCUT2D eigenvalue weighted by Gasteiger charge is -2.26. The van der Waals surface area contributed by atoms with Gasteiger partial charge >= 0.3 is 0 Å². The summed E-state index contributed by atoms with van der Waals surface area (Å²) in [5, 5.41) is 4.08. The fourth-order valence-electron chi connectivity index (χ4n) is 2.45. The molecule has 1 unspecified atom stereocenters. The molecule has 0 radical (unpaired) electrons. The highest BCUT2D eigenvalue weighted by Gasteiger charge is 2.26. The minimum Gasteiger partial charge on any atom is -0.381 e. The zero-order valence-electron chi connectivity index (χ0n) is 12.4. The van der Waals surface area contributed by atoms with Crippen LogP contribution in [0.2, 0.25) is 0 Å². The molecule has 1 aromatic rings. The second kappa shape index (κ2) is 7.35. The zero-order chi connectivity index (χ0) is 15.3. The maximum absolute atomic E-state index is 12.5. The number of aromatic nitrogens is 2. The molecule has 8 heteroatoms. The van der Waals surface area contributed by atoms with Crippen LogP contribution in [0, 0.1) is 5.92 Å². The van der Waals surface area contributed by atoms with E-state index in [0.29, 0.717) is 26.2 Å². The maximum Gasteiger partial charge on any atom is 0.245 e. The van der Waals surface area contributed by atoms with Crippen LogP contribution < -0.4 is 5.73 Å². The van der Waals surface area contributed by atoms with Gasteiger partial charge in [-0.2, -0.15) is 5.10 Å². The van der Waals surface area contributed by atoms with Crippen LogP contribution in [0.5, 0.6) is 0 Å². The fraction of sp³-hybridized carbons (Fsp3) is 0.769. The highest BCUT2D eigenvalue weighted by atomic mass is 32.2. The summed E-state index contributed by atoms with van der Waals surface area (Å²) in [4.78, 5) is 0.235. The molecule has 0 spiro atoms. The van der Waals surface area contributed by atoms with Crippen molar-refractivity contribution in [3.8, 4) is 0 Å². The molecule has 1 atom stereocenters. The molecule has 7 nitrogen and oxygen atoms in total. The maximum atomic E-state index is 12.5. The lowest BCUT2D eigenvalue weighted by Crippen LogP contribution is -2.35. The molecule has 2 heterocycles. The van der Waals surface area contributed by atoms with E-state index in [4.69, 9.17) is 10.5 Å². The summed E-state index contributed by atoms with van der Waals surface area (Å²) in [6, 6.07) is 0. The molecule has 2 N–H and O–H groups in total. The molecule has 0 aromatic carbocycles. The Morgan fingerprint density at radius 1 is 1.57 bits per heavy atom. The normalized spacial score (nSPS) is 20.0. The van der Waals surface area contributed by atoms with Crippen molar-refractivity contribution >= 4 is 10.0 Å².